The molecule has 0 aliphatic carbocycles. The van der Waals surface area contributed by atoms with Gasteiger partial charge in [0, 0.05) is 0 Å². The quantitative estimate of drug-likeness (QED) is 0.538. The molecule has 0 aromatic carbocycles. The molecule has 0 saturated carbocycles. The number of rotatable bonds is 5. The second-order valence-electron chi connectivity index (χ2n) is 3.11. The van der Waals surface area contributed by atoms with Gasteiger partial charge in [-0.15, -0.1) is 0 Å². The van der Waals surface area contributed by atoms with Crippen LogP contribution in [0, 0.1) is 5.92 Å². The van der Waals surface area contributed by atoms with Gasteiger partial charge in [0.15, 0.2) is 0 Å². The fourth-order valence-electron chi connectivity index (χ4n) is 0.697. The summed E-state index contributed by atoms with van der Waals surface area (Å²) in [6, 6.07) is 0. The summed E-state index contributed by atoms with van der Waals surface area (Å²) in [6.07, 6.45) is 2.12. The Morgan fingerprint density at radius 1 is 1.50 bits per heavy atom. The van der Waals surface area contributed by atoms with E-state index in [1.54, 1.807) is 0 Å². The van der Waals surface area contributed by atoms with Gasteiger partial charge in [-0.1, -0.05) is 13.8 Å². The SMILES string of the molecule is CC(C)CCN(C)CC=O. The molecule has 0 spiro atoms. The molecule has 0 radical (unpaired) electrons. The second kappa shape index (κ2) is 5.42. The second-order valence-corrected chi connectivity index (χ2v) is 3.11. The van der Waals surface area contributed by atoms with Crippen LogP contribution in [-0.2, 0) is 4.79 Å². The van der Waals surface area contributed by atoms with Crippen LogP contribution in [0.2, 0.25) is 0 Å². The molecule has 10 heavy (non-hydrogen) atoms. The number of carbonyl (C=O) groups excluding carboxylic acids is 1. The van der Waals surface area contributed by atoms with E-state index in [-0.39, 0.29) is 0 Å². The van der Waals surface area contributed by atoms with Gasteiger partial charge in [-0.3, -0.25) is 4.90 Å². The molecule has 2 nitrogen and oxygen atoms in total. The van der Waals surface area contributed by atoms with Crippen molar-refractivity contribution >= 4 is 6.29 Å². The molecular formula is C8H17NO. The van der Waals surface area contributed by atoms with Crippen molar-refractivity contribution < 1.29 is 4.79 Å². The minimum atomic E-state index is 0.562. The van der Waals surface area contributed by atoms with Gasteiger partial charge >= 0.3 is 0 Å². The maximum absolute atomic E-state index is 10.0. The van der Waals surface area contributed by atoms with Crippen molar-refractivity contribution in [1.82, 2.24) is 4.90 Å². The topological polar surface area (TPSA) is 20.3 Å². The third kappa shape index (κ3) is 5.76. The van der Waals surface area contributed by atoms with Crippen molar-refractivity contribution in [3.05, 3.63) is 0 Å². The Morgan fingerprint density at radius 3 is 2.50 bits per heavy atom. The first kappa shape index (κ1) is 9.63. The monoisotopic (exact) mass is 143 g/mol. The van der Waals surface area contributed by atoms with Crippen molar-refractivity contribution in [2.75, 3.05) is 20.1 Å². The maximum atomic E-state index is 10.0. The van der Waals surface area contributed by atoms with E-state index in [9.17, 15) is 4.79 Å². The Labute approximate surface area is 63.2 Å². The molecule has 2 heteroatoms. The third-order valence-corrected chi connectivity index (χ3v) is 1.47. The zero-order valence-electron chi connectivity index (χ0n) is 7.13. The summed E-state index contributed by atoms with van der Waals surface area (Å²) in [5.41, 5.74) is 0. The van der Waals surface area contributed by atoms with Crippen LogP contribution < -0.4 is 0 Å². The molecule has 0 saturated heterocycles. The lowest BCUT2D eigenvalue weighted by molar-refractivity contribution is -0.108. The minimum Gasteiger partial charge on any atom is -0.302 e. The third-order valence-electron chi connectivity index (χ3n) is 1.47. The van der Waals surface area contributed by atoms with E-state index >= 15 is 0 Å². The van der Waals surface area contributed by atoms with Gasteiger partial charge in [-0.2, -0.15) is 0 Å². The van der Waals surface area contributed by atoms with E-state index in [0.717, 1.165) is 18.7 Å². The van der Waals surface area contributed by atoms with Crippen LogP contribution in [0.5, 0.6) is 0 Å². The first-order chi connectivity index (χ1) is 4.66. The Balaban J connectivity index is 3.20. The molecule has 0 aliphatic heterocycles. The summed E-state index contributed by atoms with van der Waals surface area (Å²) in [5.74, 6) is 0.731. The lowest BCUT2D eigenvalue weighted by Crippen LogP contribution is -2.22. The van der Waals surface area contributed by atoms with Gasteiger partial charge in [0.2, 0.25) is 0 Å². The van der Waals surface area contributed by atoms with Crippen molar-refractivity contribution in [3.63, 3.8) is 0 Å². The number of aldehydes is 1. The molecule has 0 aliphatic rings. The summed E-state index contributed by atoms with van der Waals surface area (Å²) in [4.78, 5) is 12.1. The standard InChI is InChI=1S/C8H17NO/c1-8(2)4-5-9(3)6-7-10/h7-8H,4-6H2,1-3H3. The highest BCUT2D eigenvalue weighted by atomic mass is 16.1. The average molecular weight is 143 g/mol. The molecule has 0 fully saturated rings. The van der Waals surface area contributed by atoms with Crippen molar-refractivity contribution in [1.29, 1.82) is 0 Å². The predicted octanol–water partition coefficient (Wildman–Crippen LogP) is 1.16. The first-order valence-corrected chi connectivity index (χ1v) is 3.79. The zero-order valence-corrected chi connectivity index (χ0v) is 7.13. The van der Waals surface area contributed by atoms with Crippen LogP contribution in [0.25, 0.3) is 0 Å². The Morgan fingerprint density at radius 2 is 2.10 bits per heavy atom. The molecule has 0 heterocycles. The van der Waals surface area contributed by atoms with E-state index in [0.29, 0.717) is 6.54 Å². The lowest BCUT2D eigenvalue weighted by atomic mass is 10.1. The van der Waals surface area contributed by atoms with Crippen molar-refractivity contribution in [2.45, 2.75) is 20.3 Å². The molecule has 0 bridgehead atoms. The van der Waals surface area contributed by atoms with E-state index < -0.39 is 0 Å². The van der Waals surface area contributed by atoms with Crippen LogP contribution in [0.15, 0.2) is 0 Å². The number of hydrogen-bond acceptors (Lipinski definition) is 2. The number of hydrogen-bond donors (Lipinski definition) is 0. The Kier molecular flexibility index (Phi) is 5.22. The number of nitrogens with zero attached hydrogens (tertiary/aromatic N) is 1. The van der Waals surface area contributed by atoms with E-state index in [4.69, 9.17) is 0 Å². The molecule has 0 rings (SSSR count). The largest absolute Gasteiger partial charge is 0.302 e. The normalized spacial score (nSPS) is 10.9. The van der Waals surface area contributed by atoms with Crippen molar-refractivity contribution in [3.8, 4) is 0 Å². The van der Waals surface area contributed by atoms with E-state index in [1.165, 1.54) is 6.42 Å². The molecule has 0 N–H and O–H groups in total. The highest BCUT2D eigenvalue weighted by Crippen LogP contribution is 1.99. The van der Waals surface area contributed by atoms with Gasteiger partial charge in [-0.05, 0) is 25.9 Å². The van der Waals surface area contributed by atoms with Gasteiger partial charge in [0.1, 0.15) is 6.29 Å². The van der Waals surface area contributed by atoms with Gasteiger partial charge < -0.3 is 4.79 Å². The van der Waals surface area contributed by atoms with Crippen molar-refractivity contribution in [2.24, 2.45) is 5.92 Å². The van der Waals surface area contributed by atoms with Gasteiger partial charge in [0.05, 0.1) is 6.54 Å². The molecule has 0 atom stereocenters. The number of likely N-dealkylation sites (N-methyl/N-ethyl adjacent to an activating group) is 1. The van der Waals surface area contributed by atoms with Crippen LogP contribution in [0.3, 0.4) is 0 Å². The molecule has 0 unspecified atom stereocenters. The Hall–Kier alpha value is -0.370. The summed E-state index contributed by atoms with van der Waals surface area (Å²) in [7, 11) is 1.97. The summed E-state index contributed by atoms with van der Waals surface area (Å²) in [5, 5.41) is 0. The first-order valence-electron chi connectivity index (χ1n) is 3.79. The van der Waals surface area contributed by atoms with E-state index in [2.05, 4.69) is 13.8 Å². The summed E-state index contributed by atoms with van der Waals surface area (Å²) >= 11 is 0. The molecular weight excluding hydrogens is 126 g/mol. The molecule has 0 aromatic heterocycles. The van der Waals surface area contributed by atoms with Crippen LogP contribution in [0.4, 0.5) is 0 Å². The predicted molar refractivity (Wildman–Crippen MR) is 43.0 cm³/mol. The molecule has 0 amide bonds. The average Bonchev–Trinajstić information content (AvgIpc) is 1.85. The van der Waals surface area contributed by atoms with E-state index in [1.807, 2.05) is 11.9 Å². The van der Waals surface area contributed by atoms with Gasteiger partial charge in [0.25, 0.3) is 0 Å². The van der Waals surface area contributed by atoms with Crippen LogP contribution >= 0.6 is 0 Å². The molecule has 0 aromatic rings. The highest BCUT2D eigenvalue weighted by Gasteiger charge is 1.97. The summed E-state index contributed by atoms with van der Waals surface area (Å²) < 4.78 is 0. The highest BCUT2D eigenvalue weighted by molar-refractivity contribution is 5.51. The minimum absolute atomic E-state index is 0.562. The fourth-order valence-corrected chi connectivity index (χ4v) is 0.697. The number of carbonyl (C=O) groups is 1. The van der Waals surface area contributed by atoms with Crippen LogP contribution in [-0.4, -0.2) is 31.3 Å². The summed E-state index contributed by atoms with van der Waals surface area (Å²) in [6.45, 7) is 5.96. The lowest BCUT2D eigenvalue weighted by Gasteiger charge is -2.13. The molecule has 60 valence electrons. The Bertz CT molecular complexity index is 91.3. The van der Waals surface area contributed by atoms with Gasteiger partial charge in [-0.25, -0.2) is 0 Å². The van der Waals surface area contributed by atoms with Crippen LogP contribution in [0.1, 0.15) is 20.3 Å². The zero-order chi connectivity index (χ0) is 7.98. The smallest absolute Gasteiger partial charge is 0.133 e. The fraction of sp³-hybridized carbons (Fsp3) is 0.875. The maximum Gasteiger partial charge on any atom is 0.133 e.